The summed E-state index contributed by atoms with van der Waals surface area (Å²) in [6.07, 6.45) is 0. The summed E-state index contributed by atoms with van der Waals surface area (Å²) in [6.45, 7) is 0. The van der Waals surface area contributed by atoms with Gasteiger partial charge in [0.1, 0.15) is 0 Å². The molecule has 0 radical (unpaired) electrons. The minimum atomic E-state index is -1.99. The van der Waals surface area contributed by atoms with Gasteiger partial charge in [0.05, 0.1) is 9.92 Å². The Balaban J connectivity index is 3.23. The predicted octanol–water partition coefficient (Wildman–Crippen LogP) is 2.53. The summed E-state index contributed by atoms with van der Waals surface area (Å²) in [5.41, 5.74) is 0. The second-order valence-electron chi connectivity index (χ2n) is 1.82. The van der Waals surface area contributed by atoms with Crippen molar-refractivity contribution in [3.8, 4) is 0 Å². The van der Waals surface area contributed by atoms with Crippen LogP contribution in [0, 0.1) is 3.57 Å². The lowest BCUT2D eigenvalue weighted by molar-refractivity contribution is 0.564. The van der Waals surface area contributed by atoms with Crippen LogP contribution in [0.1, 0.15) is 0 Å². The summed E-state index contributed by atoms with van der Waals surface area (Å²) in [5.74, 6) is 0. The third-order valence-electron chi connectivity index (χ3n) is 1.08. The molecule has 1 N–H and O–H groups in total. The van der Waals surface area contributed by atoms with Crippen molar-refractivity contribution in [2.45, 2.75) is 4.90 Å². The number of halogens is 2. The van der Waals surface area contributed by atoms with E-state index >= 15 is 0 Å². The van der Waals surface area contributed by atoms with Crippen molar-refractivity contribution in [2.24, 2.45) is 0 Å². The van der Waals surface area contributed by atoms with Crippen LogP contribution in [-0.4, -0.2) is 8.76 Å². The van der Waals surface area contributed by atoms with Crippen molar-refractivity contribution in [2.75, 3.05) is 0 Å². The standard InChI is InChI=1S/C6H4ClIO2S/c7-5-2-1-4(8)3-6(5)11(9)10/h1-3H,(H,9,10). The summed E-state index contributed by atoms with van der Waals surface area (Å²) in [6, 6.07) is 4.96. The molecule has 1 aromatic carbocycles. The van der Waals surface area contributed by atoms with E-state index in [0.29, 0.717) is 5.02 Å². The second kappa shape index (κ2) is 3.84. The molecule has 0 spiro atoms. The first-order valence-electron chi connectivity index (χ1n) is 2.67. The fraction of sp³-hybridized carbons (Fsp3) is 0. The highest BCUT2D eigenvalue weighted by Crippen LogP contribution is 2.20. The summed E-state index contributed by atoms with van der Waals surface area (Å²) in [5, 5.41) is 0.325. The molecule has 60 valence electrons. The molecule has 0 aliphatic heterocycles. The summed E-state index contributed by atoms with van der Waals surface area (Å²) >= 11 is 5.70. The van der Waals surface area contributed by atoms with Gasteiger partial charge in [-0.15, -0.1) is 0 Å². The Labute approximate surface area is 85.4 Å². The van der Waals surface area contributed by atoms with E-state index in [2.05, 4.69) is 22.6 Å². The van der Waals surface area contributed by atoms with E-state index in [9.17, 15) is 4.21 Å². The van der Waals surface area contributed by atoms with Crippen molar-refractivity contribution < 1.29 is 8.76 Å². The molecule has 0 aromatic heterocycles. The van der Waals surface area contributed by atoms with Gasteiger partial charge in [-0.05, 0) is 40.8 Å². The average molecular weight is 303 g/mol. The van der Waals surface area contributed by atoms with Gasteiger partial charge < -0.3 is 4.55 Å². The number of hydrogen-bond acceptors (Lipinski definition) is 1. The molecule has 1 unspecified atom stereocenters. The van der Waals surface area contributed by atoms with E-state index in [-0.39, 0.29) is 4.90 Å². The fourth-order valence-corrected chi connectivity index (χ4v) is 2.09. The quantitative estimate of drug-likeness (QED) is 0.639. The molecule has 0 saturated carbocycles. The van der Waals surface area contributed by atoms with Gasteiger partial charge in [0.2, 0.25) is 0 Å². The van der Waals surface area contributed by atoms with Crippen LogP contribution in [-0.2, 0) is 11.1 Å². The van der Waals surface area contributed by atoms with Crippen LogP contribution in [0.15, 0.2) is 23.1 Å². The molecule has 2 nitrogen and oxygen atoms in total. The Kier molecular flexibility index (Phi) is 3.29. The second-order valence-corrected chi connectivity index (χ2v) is 4.41. The van der Waals surface area contributed by atoms with E-state index in [4.69, 9.17) is 16.2 Å². The van der Waals surface area contributed by atoms with Crippen molar-refractivity contribution in [1.29, 1.82) is 0 Å². The van der Waals surface area contributed by atoms with Crippen LogP contribution in [0.25, 0.3) is 0 Å². The van der Waals surface area contributed by atoms with Gasteiger partial charge in [-0.1, -0.05) is 11.6 Å². The monoisotopic (exact) mass is 302 g/mol. The Morgan fingerprint density at radius 1 is 1.55 bits per heavy atom. The normalized spacial score (nSPS) is 13.0. The maximum absolute atomic E-state index is 10.6. The summed E-state index contributed by atoms with van der Waals surface area (Å²) in [7, 11) is 0. The van der Waals surface area contributed by atoms with Crippen LogP contribution in [0.3, 0.4) is 0 Å². The molecule has 0 amide bonds. The van der Waals surface area contributed by atoms with Gasteiger partial charge in [0, 0.05) is 3.57 Å². The first kappa shape index (κ1) is 9.44. The highest BCUT2D eigenvalue weighted by molar-refractivity contribution is 14.1. The zero-order valence-electron chi connectivity index (χ0n) is 5.25. The van der Waals surface area contributed by atoms with Crippen LogP contribution < -0.4 is 0 Å². The van der Waals surface area contributed by atoms with Gasteiger partial charge in [-0.25, -0.2) is 4.21 Å². The molecule has 11 heavy (non-hydrogen) atoms. The topological polar surface area (TPSA) is 37.3 Å². The first-order valence-corrected chi connectivity index (χ1v) is 5.23. The Hall–Kier alpha value is 0.350. The Bertz CT molecular complexity index is 303. The average Bonchev–Trinajstić information content (AvgIpc) is 1.94. The van der Waals surface area contributed by atoms with Gasteiger partial charge >= 0.3 is 0 Å². The molecule has 0 aliphatic carbocycles. The molecular weight excluding hydrogens is 298 g/mol. The third kappa shape index (κ3) is 2.40. The van der Waals surface area contributed by atoms with Crippen LogP contribution in [0.4, 0.5) is 0 Å². The molecule has 0 heterocycles. The highest BCUT2D eigenvalue weighted by atomic mass is 127. The van der Waals surface area contributed by atoms with E-state index in [1.807, 2.05) is 0 Å². The zero-order valence-corrected chi connectivity index (χ0v) is 8.98. The smallest absolute Gasteiger partial charge is 0.188 e. The van der Waals surface area contributed by atoms with Crippen LogP contribution >= 0.6 is 34.2 Å². The first-order chi connectivity index (χ1) is 5.11. The lowest BCUT2D eigenvalue weighted by Crippen LogP contribution is -1.89. The minimum Gasteiger partial charge on any atom is -0.302 e. The van der Waals surface area contributed by atoms with E-state index < -0.39 is 11.1 Å². The van der Waals surface area contributed by atoms with Gasteiger partial charge in [-0.3, -0.25) is 0 Å². The predicted molar refractivity (Wildman–Crippen MR) is 53.2 cm³/mol. The van der Waals surface area contributed by atoms with Gasteiger partial charge in [0.15, 0.2) is 11.1 Å². The van der Waals surface area contributed by atoms with Crippen LogP contribution in [0.2, 0.25) is 5.02 Å². The number of benzene rings is 1. The van der Waals surface area contributed by atoms with Crippen molar-refractivity contribution >= 4 is 45.3 Å². The molecule has 1 atom stereocenters. The largest absolute Gasteiger partial charge is 0.302 e. The lowest BCUT2D eigenvalue weighted by atomic mass is 10.4. The van der Waals surface area contributed by atoms with Crippen molar-refractivity contribution in [3.63, 3.8) is 0 Å². The molecule has 0 bridgehead atoms. The molecule has 0 fully saturated rings. The fourth-order valence-electron chi connectivity index (χ4n) is 0.611. The van der Waals surface area contributed by atoms with E-state index in [1.54, 1.807) is 18.2 Å². The molecule has 1 rings (SSSR count). The zero-order chi connectivity index (χ0) is 8.43. The molecule has 0 saturated heterocycles. The van der Waals surface area contributed by atoms with Crippen molar-refractivity contribution in [1.82, 2.24) is 0 Å². The minimum absolute atomic E-state index is 0.263. The summed E-state index contributed by atoms with van der Waals surface area (Å²) in [4.78, 5) is 0.263. The van der Waals surface area contributed by atoms with E-state index in [1.165, 1.54) is 0 Å². The van der Waals surface area contributed by atoms with E-state index in [0.717, 1.165) is 3.57 Å². The Morgan fingerprint density at radius 2 is 2.18 bits per heavy atom. The molecule has 5 heteroatoms. The molecular formula is C6H4ClIO2S. The summed E-state index contributed by atoms with van der Waals surface area (Å²) < 4.78 is 20.2. The maximum Gasteiger partial charge on any atom is 0.188 e. The lowest BCUT2D eigenvalue weighted by Gasteiger charge is -1.98. The van der Waals surface area contributed by atoms with Crippen molar-refractivity contribution in [3.05, 3.63) is 26.8 Å². The van der Waals surface area contributed by atoms with Crippen LogP contribution in [0.5, 0.6) is 0 Å². The molecule has 1 aromatic rings. The number of rotatable bonds is 1. The SMILES string of the molecule is O=S(O)c1cc(I)ccc1Cl. The van der Waals surface area contributed by atoms with Gasteiger partial charge in [-0.2, -0.15) is 0 Å². The third-order valence-corrected chi connectivity index (χ3v) is 2.91. The van der Waals surface area contributed by atoms with Gasteiger partial charge in [0.25, 0.3) is 0 Å². The highest BCUT2D eigenvalue weighted by Gasteiger charge is 2.05. The molecule has 0 aliphatic rings. The Morgan fingerprint density at radius 3 is 2.64 bits per heavy atom. The number of hydrogen-bond donors (Lipinski definition) is 1. The maximum atomic E-state index is 10.6.